The molecule has 0 saturated carbocycles. The second kappa shape index (κ2) is 10.7. The van der Waals surface area contributed by atoms with Crippen molar-refractivity contribution in [2.75, 3.05) is 0 Å². The van der Waals surface area contributed by atoms with Crippen molar-refractivity contribution in [2.24, 2.45) is 0 Å². The van der Waals surface area contributed by atoms with Crippen molar-refractivity contribution in [3.63, 3.8) is 0 Å². The Bertz CT molecular complexity index is 2620. The van der Waals surface area contributed by atoms with Gasteiger partial charge in [-0.3, -0.25) is 0 Å². The zero-order valence-electron chi connectivity index (χ0n) is 26.8. The Hall–Kier alpha value is -5.24. The van der Waals surface area contributed by atoms with Crippen LogP contribution in [0.4, 0.5) is 0 Å². The molecule has 0 aliphatic heterocycles. The van der Waals surface area contributed by atoms with Gasteiger partial charge in [0.1, 0.15) is 0 Å². The fourth-order valence-corrected chi connectivity index (χ4v) is 8.86. The zero-order valence-corrected chi connectivity index (χ0v) is 26.7. The Kier molecular flexibility index (Phi) is 6.05. The molecule has 0 saturated heterocycles. The summed E-state index contributed by atoms with van der Waals surface area (Å²) in [4.78, 5) is 0. The van der Waals surface area contributed by atoms with Gasteiger partial charge in [0.15, 0.2) is 0 Å². The summed E-state index contributed by atoms with van der Waals surface area (Å²) in [6, 6.07) is 53.5. The lowest BCUT2D eigenvalue weighted by atomic mass is 9.83. The Labute approximate surface area is 274 Å². The van der Waals surface area contributed by atoms with E-state index in [1.54, 1.807) is 0 Å². The molecule has 8 aromatic carbocycles. The van der Waals surface area contributed by atoms with E-state index < -0.39 is 0 Å². The maximum atomic E-state index is 8.10. The normalized spacial score (nSPS) is 12.2. The largest absolute Gasteiger partial charge is 0.135 e. The number of benzene rings is 8. The molecule has 0 atom stereocenters. The van der Waals surface area contributed by atoms with Gasteiger partial charge in [-0.2, -0.15) is 0 Å². The predicted molar refractivity (Wildman–Crippen MR) is 202 cm³/mol. The van der Waals surface area contributed by atoms with E-state index in [1.165, 1.54) is 80.7 Å². The van der Waals surface area contributed by atoms with Crippen LogP contribution in [-0.2, 0) is 0 Å². The number of rotatable bonds is 4. The molecule has 0 fully saturated rings. The standard InChI is InChI=1S/C45H32S/c1-28(2)32-25-26-39(44-40-21-11-12-22-41(40)46-45(32)44)33-15-5-6-16-34(33)43-37-19-9-7-17-35(37)42(36-18-8-10-20-38(36)43)31-24-23-29-13-3-4-14-30(29)27-31/h3-28H,1-2H3/i3D. The van der Waals surface area contributed by atoms with E-state index in [0.717, 1.165) is 10.8 Å². The molecule has 0 amide bonds. The smallest absolute Gasteiger partial charge is 0.0623 e. The van der Waals surface area contributed by atoms with Gasteiger partial charge in [-0.05, 0) is 89.3 Å². The molecule has 0 nitrogen and oxygen atoms in total. The van der Waals surface area contributed by atoms with E-state index in [4.69, 9.17) is 1.37 Å². The minimum Gasteiger partial charge on any atom is -0.135 e. The lowest BCUT2D eigenvalue weighted by Gasteiger charge is -2.20. The van der Waals surface area contributed by atoms with Crippen molar-refractivity contribution in [1.29, 1.82) is 0 Å². The molecule has 9 aromatic rings. The Morgan fingerprint density at radius 3 is 1.85 bits per heavy atom. The molecule has 0 radical (unpaired) electrons. The molecule has 0 aliphatic carbocycles. The van der Waals surface area contributed by atoms with Crippen LogP contribution in [-0.4, -0.2) is 0 Å². The first kappa shape index (κ1) is 26.0. The number of hydrogen-bond acceptors (Lipinski definition) is 1. The van der Waals surface area contributed by atoms with Gasteiger partial charge in [0, 0.05) is 20.2 Å². The highest BCUT2D eigenvalue weighted by Gasteiger charge is 2.21. The third-order valence-corrected chi connectivity index (χ3v) is 10.8. The Morgan fingerprint density at radius 2 is 1.13 bits per heavy atom. The molecule has 9 rings (SSSR count). The van der Waals surface area contributed by atoms with E-state index in [1.807, 2.05) is 23.5 Å². The molecule has 1 aromatic heterocycles. The summed E-state index contributed by atoms with van der Waals surface area (Å²) in [7, 11) is 0. The van der Waals surface area contributed by atoms with E-state index in [2.05, 4.69) is 147 Å². The van der Waals surface area contributed by atoms with Crippen LogP contribution in [0.15, 0.2) is 152 Å². The van der Waals surface area contributed by atoms with Crippen molar-refractivity contribution in [2.45, 2.75) is 19.8 Å². The molecule has 46 heavy (non-hydrogen) atoms. The van der Waals surface area contributed by atoms with E-state index in [0.29, 0.717) is 12.0 Å². The van der Waals surface area contributed by atoms with Crippen LogP contribution in [0.2, 0.25) is 0 Å². The fraction of sp³-hybridized carbons (Fsp3) is 0.0667. The second-order valence-corrected chi connectivity index (χ2v) is 13.6. The average molecular weight is 606 g/mol. The summed E-state index contributed by atoms with van der Waals surface area (Å²) in [5.41, 5.74) is 8.93. The zero-order chi connectivity index (χ0) is 31.6. The van der Waals surface area contributed by atoms with Gasteiger partial charge < -0.3 is 0 Å². The molecule has 218 valence electrons. The lowest BCUT2D eigenvalue weighted by Crippen LogP contribution is -1.94. The molecule has 1 heterocycles. The molecule has 0 aliphatic rings. The minimum absolute atomic E-state index is 0.444. The summed E-state index contributed by atoms with van der Waals surface area (Å²) in [6.07, 6.45) is 0. The maximum Gasteiger partial charge on any atom is 0.0623 e. The highest BCUT2D eigenvalue weighted by atomic mass is 32.1. The van der Waals surface area contributed by atoms with Crippen molar-refractivity contribution in [3.8, 4) is 33.4 Å². The van der Waals surface area contributed by atoms with Crippen molar-refractivity contribution in [3.05, 3.63) is 157 Å². The fourth-order valence-electron chi connectivity index (χ4n) is 7.47. The molecular weight excluding hydrogens is 573 g/mol. The molecule has 0 spiro atoms. The van der Waals surface area contributed by atoms with Crippen LogP contribution in [0.3, 0.4) is 0 Å². The van der Waals surface area contributed by atoms with E-state index in [-0.39, 0.29) is 0 Å². The summed E-state index contributed by atoms with van der Waals surface area (Å²) in [5, 5.41) is 9.93. The summed E-state index contributed by atoms with van der Waals surface area (Å²) in [6.45, 7) is 4.60. The van der Waals surface area contributed by atoms with Gasteiger partial charge in [0.05, 0.1) is 1.37 Å². The summed E-state index contributed by atoms with van der Waals surface area (Å²) < 4.78 is 10.8. The molecule has 1 heteroatoms. The molecule has 0 bridgehead atoms. The monoisotopic (exact) mass is 605 g/mol. The van der Waals surface area contributed by atoms with Crippen molar-refractivity contribution in [1.82, 2.24) is 0 Å². The quantitative estimate of drug-likeness (QED) is 0.175. The third kappa shape index (κ3) is 4.12. The van der Waals surface area contributed by atoms with Gasteiger partial charge >= 0.3 is 0 Å². The highest BCUT2D eigenvalue weighted by Crippen LogP contribution is 2.49. The van der Waals surface area contributed by atoms with Crippen LogP contribution in [0, 0.1) is 0 Å². The van der Waals surface area contributed by atoms with E-state index >= 15 is 0 Å². The summed E-state index contributed by atoms with van der Waals surface area (Å²) >= 11 is 1.92. The minimum atomic E-state index is 0.444. The average Bonchev–Trinajstić information content (AvgIpc) is 3.50. The Morgan fingerprint density at radius 1 is 0.500 bits per heavy atom. The Balaban J connectivity index is 1.37. The van der Waals surface area contributed by atoms with Crippen LogP contribution < -0.4 is 0 Å². The van der Waals surface area contributed by atoms with Gasteiger partial charge in [-0.15, -0.1) is 11.3 Å². The molecule has 0 N–H and O–H groups in total. The summed E-state index contributed by atoms with van der Waals surface area (Å²) in [5.74, 6) is 0.444. The van der Waals surface area contributed by atoms with E-state index in [9.17, 15) is 0 Å². The SMILES string of the molecule is [2H]c1ccc2cc(-c3c4ccccc4c(-c4ccccc4-c4ccc(C(C)C)c5sc6ccccc6c45)c4ccccc34)ccc2c1. The van der Waals surface area contributed by atoms with Crippen molar-refractivity contribution < 1.29 is 1.37 Å². The number of thiophene rings is 1. The van der Waals surface area contributed by atoms with Gasteiger partial charge in [0.2, 0.25) is 0 Å². The number of hydrogen-bond donors (Lipinski definition) is 0. The van der Waals surface area contributed by atoms with Gasteiger partial charge in [-0.1, -0.05) is 153 Å². The van der Waals surface area contributed by atoms with Gasteiger partial charge in [0.25, 0.3) is 0 Å². The lowest BCUT2D eigenvalue weighted by molar-refractivity contribution is 0.878. The van der Waals surface area contributed by atoms with Gasteiger partial charge in [-0.25, -0.2) is 0 Å². The highest BCUT2D eigenvalue weighted by molar-refractivity contribution is 7.26. The van der Waals surface area contributed by atoms with Crippen molar-refractivity contribution >= 4 is 63.8 Å². The molecule has 0 unspecified atom stereocenters. The first-order valence-corrected chi connectivity index (χ1v) is 16.9. The second-order valence-electron chi connectivity index (χ2n) is 12.5. The topological polar surface area (TPSA) is 0 Å². The van der Waals surface area contributed by atoms with Crippen LogP contribution in [0.25, 0.3) is 85.9 Å². The maximum absolute atomic E-state index is 8.10. The first-order valence-electron chi connectivity index (χ1n) is 16.5. The number of fused-ring (bicyclic) bond motifs is 6. The predicted octanol–water partition coefficient (Wildman–Crippen LogP) is 13.6. The molecular formula is C45H32S. The van der Waals surface area contributed by atoms with Crippen LogP contribution in [0.1, 0.15) is 26.7 Å². The van der Waals surface area contributed by atoms with Crippen LogP contribution >= 0.6 is 11.3 Å². The van der Waals surface area contributed by atoms with Crippen LogP contribution in [0.5, 0.6) is 0 Å². The first-order chi connectivity index (χ1) is 23.1. The third-order valence-electron chi connectivity index (χ3n) is 9.57.